The topological polar surface area (TPSA) is 40.5 Å². The predicted octanol–water partition coefficient (Wildman–Crippen LogP) is 4.04. The Morgan fingerprint density at radius 3 is 2.52 bits per heavy atom. The van der Waals surface area contributed by atoms with E-state index in [1.165, 1.54) is 16.3 Å². The highest BCUT2D eigenvalue weighted by molar-refractivity contribution is 6.02. The van der Waals surface area contributed by atoms with Crippen molar-refractivity contribution in [1.29, 1.82) is 0 Å². The van der Waals surface area contributed by atoms with E-state index in [2.05, 4.69) is 18.2 Å². The van der Waals surface area contributed by atoms with E-state index in [4.69, 9.17) is 0 Å². The normalized spacial score (nSPS) is 17.3. The van der Waals surface area contributed by atoms with E-state index in [0.29, 0.717) is 6.42 Å². The molecule has 0 aliphatic carbocycles. The molecule has 3 aromatic rings. The van der Waals surface area contributed by atoms with Crippen LogP contribution in [0.15, 0.2) is 60.7 Å². The molecular formula is C20H17NO2. The van der Waals surface area contributed by atoms with Crippen LogP contribution >= 0.6 is 0 Å². The summed E-state index contributed by atoms with van der Waals surface area (Å²) in [5.41, 5.74) is 3.22. The fraction of sp³-hybridized carbons (Fsp3) is 0.150. The van der Waals surface area contributed by atoms with Gasteiger partial charge in [-0.05, 0) is 40.1 Å². The van der Waals surface area contributed by atoms with Crippen LogP contribution in [-0.4, -0.2) is 18.1 Å². The highest BCUT2D eigenvalue weighted by Crippen LogP contribution is 2.43. The van der Waals surface area contributed by atoms with Gasteiger partial charge in [0.15, 0.2) is 0 Å². The number of nitrogens with zero attached hydrogens (tertiary/aromatic N) is 1. The van der Waals surface area contributed by atoms with Crippen molar-refractivity contribution in [3.63, 3.8) is 0 Å². The average Bonchev–Trinajstić information content (AvgIpc) is 2.58. The third-order valence-electron chi connectivity index (χ3n) is 4.71. The second-order valence-corrected chi connectivity index (χ2v) is 6.02. The molecule has 3 aromatic carbocycles. The number of benzene rings is 3. The Labute approximate surface area is 134 Å². The Hall–Kier alpha value is -2.81. The molecule has 3 heteroatoms. The monoisotopic (exact) mass is 303 g/mol. The van der Waals surface area contributed by atoms with Crippen LogP contribution in [0.1, 0.15) is 23.5 Å². The van der Waals surface area contributed by atoms with E-state index < -0.39 is 0 Å². The van der Waals surface area contributed by atoms with Gasteiger partial charge < -0.3 is 10.0 Å². The summed E-state index contributed by atoms with van der Waals surface area (Å²) in [6.45, 7) is 0. The average molecular weight is 303 g/mol. The van der Waals surface area contributed by atoms with E-state index in [9.17, 15) is 9.90 Å². The molecule has 1 aliphatic rings. The molecule has 0 fully saturated rings. The molecule has 0 saturated heterocycles. The smallest absolute Gasteiger partial charge is 0.227 e. The molecule has 1 unspecified atom stereocenters. The fourth-order valence-corrected chi connectivity index (χ4v) is 3.48. The van der Waals surface area contributed by atoms with Gasteiger partial charge in [-0.15, -0.1) is 0 Å². The number of aromatic hydroxyl groups is 1. The van der Waals surface area contributed by atoms with Crippen molar-refractivity contribution in [1.82, 2.24) is 0 Å². The minimum Gasteiger partial charge on any atom is -0.508 e. The molecule has 23 heavy (non-hydrogen) atoms. The zero-order valence-corrected chi connectivity index (χ0v) is 12.9. The Kier molecular flexibility index (Phi) is 3.08. The first-order valence-corrected chi connectivity index (χ1v) is 7.72. The Balaban J connectivity index is 1.99. The summed E-state index contributed by atoms with van der Waals surface area (Å²) >= 11 is 0. The van der Waals surface area contributed by atoms with Crippen molar-refractivity contribution < 1.29 is 9.90 Å². The molecular weight excluding hydrogens is 286 g/mol. The van der Waals surface area contributed by atoms with Crippen LogP contribution in [0.4, 0.5) is 5.69 Å². The molecule has 4 rings (SSSR count). The van der Waals surface area contributed by atoms with E-state index in [-0.39, 0.29) is 17.6 Å². The van der Waals surface area contributed by atoms with Crippen LogP contribution in [0.5, 0.6) is 5.75 Å². The maximum atomic E-state index is 12.4. The number of rotatable bonds is 1. The number of hydrogen-bond donors (Lipinski definition) is 1. The number of fused-ring (bicyclic) bond motifs is 3. The van der Waals surface area contributed by atoms with Gasteiger partial charge in [0, 0.05) is 25.1 Å². The lowest BCUT2D eigenvalue weighted by Crippen LogP contribution is -2.33. The van der Waals surface area contributed by atoms with Gasteiger partial charge in [-0.1, -0.05) is 42.5 Å². The lowest BCUT2D eigenvalue weighted by Gasteiger charge is -2.33. The predicted molar refractivity (Wildman–Crippen MR) is 91.9 cm³/mol. The van der Waals surface area contributed by atoms with Gasteiger partial charge in [-0.2, -0.15) is 0 Å². The summed E-state index contributed by atoms with van der Waals surface area (Å²) in [7, 11) is 1.84. The van der Waals surface area contributed by atoms with Gasteiger partial charge in [-0.3, -0.25) is 4.79 Å². The molecule has 1 aliphatic heterocycles. The van der Waals surface area contributed by atoms with E-state index in [1.54, 1.807) is 17.0 Å². The van der Waals surface area contributed by atoms with Crippen molar-refractivity contribution in [3.8, 4) is 5.75 Å². The summed E-state index contributed by atoms with van der Waals surface area (Å²) in [4.78, 5) is 14.2. The molecule has 114 valence electrons. The first-order valence-electron chi connectivity index (χ1n) is 7.72. The molecule has 0 saturated carbocycles. The summed E-state index contributed by atoms with van der Waals surface area (Å²) < 4.78 is 0. The maximum absolute atomic E-state index is 12.4. The van der Waals surface area contributed by atoms with Crippen LogP contribution in [0.3, 0.4) is 0 Å². The highest BCUT2D eigenvalue weighted by Gasteiger charge is 2.31. The molecule has 0 radical (unpaired) electrons. The van der Waals surface area contributed by atoms with Gasteiger partial charge in [0.1, 0.15) is 5.75 Å². The number of carbonyl (C=O) groups excluding carboxylic acids is 1. The summed E-state index contributed by atoms with van der Waals surface area (Å²) in [5, 5.41) is 11.9. The Bertz CT molecular complexity index is 899. The number of anilines is 1. The molecule has 1 N–H and O–H groups in total. The van der Waals surface area contributed by atoms with E-state index in [1.807, 2.05) is 37.4 Å². The summed E-state index contributed by atoms with van der Waals surface area (Å²) in [6.07, 6.45) is 0.447. The van der Waals surface area contributed by atoms with Crippen LogP contribution in [0, 0.1) is 0 Å². The number of carbonyl (C=O) groups is 1. The molecule has 1 amide bonds. The third-order valence-corrected chi connectivity index (χ3v) is 4.71. The van der Waals surface area contributed by atoms with Crippen LogP contribution in [0.2, 0.25) is 0 Å². The molecule has 3 nitrogen and oxygen atoms in total. The summed E-state index contributed by atoms with van der Waals surface area (Å²) in [6, 6.07) is 19.6. The first-order chi connectivity index (χ1) is 11.1. The molecule has 0 aromatic heterocycles. The van der Waals surface area contributed by atoms with Crippen molar-refractivity contribution in [2.24, 2.45) is 0 Å². The third kappa shape index (κ3) is 2.16. The number of phenolic OH excluding ortho intramolecular Hbond substituents is 1. The Morgan fingerprint density at radius 1 is 1.00 bits per heavy atom. The maximum Gasteiger partial charge on any atom is 0.227 e. The lowest BCUT2D eigenvalue weighted by molar-refractivity contribution is -0.118. The second-order valence-electron chi connectivity index (χ2n) is 6.02. The molecule has 0 bridgehead atoms. The lowest BCUT2D eigenvalue weighted by atomic mass is 9.81. The largest absolute Gasteiger partial charge is 0.508 e. The summed E-state index contributed by atoms with van der Waals surface area (Å²) in [5.74, 6) is 0.373. The van der Waals surface area contributed by atoms with Crippen molar-refractivity contribution in [2.75, 3.05) is 11.9 Å². The van der Waals surface area contributed by atoms with Crippen molar-refractivity contribution in [2.45, 2.75) is 12.3 Å². The number of amides is 1. The fourth-order valence-electron chi connectivity index (χ4n) is 3.48. The zero-order valence-electron chi connectivity index (χ0n) is 12.9. The number of hydrogen-bond acceptors (Lipinski definition) is 2. The van der Waals surface area contributed by atoms with E-state index >= 15 is 0 Å². The molecule has 1 atom stereocenters. The minimum absolute atomic E-state index is 0.0143. The van der Waals surface area contributed by atoms with Crippen molar-refractivity contribution in [3.05, 3.63) is 71.8 Å². The van der Waals surface area contributed by atoms with Gasteiger partial charge in [-0.25, -0.2) is 0 Å². The van der Waals surface area contributed by atoms with Gasteiger partial charge >= 0.3 is 0 Å². The molecule has 0 spiro atoms. The van der Waals surface area contributed by atoms with Crippen molar-refractivity contribution >= 4 is 22.4 Å². The van der Waals surface area contributed by atoms with Crippen LogP contribution in [0.25, 0.3) is 10.8 Å². The van der Waals surface area contributed by atoms with Gasteiger partial charge in [0.05, 0.1) is 0 Å². The van der Waals surface area contributed by atoms with Gasteiger partial charge in [0.2, 0.25) is 5.91 Å². The zero-order chi connectivity index (χ0) is 16.0. The van der Waals surface area contributed by atoms with Crippen LogP contribution < -0.4 is 4.90 Å². The van der Waals surface area contributed by atoms with E-state index in [0.717, 1.165) is 11.3 Å². The minimum atomic E-state index is 0.0143. The van der Waals surface area contributed by atoms with Gasteiger partial charge in [0.25, 0.3) is 0 Å². The quantitative estimate of drug-likeness (QED) is 0.737. The SMILES string of the molecule is CN1C(=O)CC(c2ccc(O)cc2)c2c1ccc1ccccc21. The second kappa shape index (κ2) is 5.13. The first kappa shape index (κ1) is 13.8. The van der Waals surface area contributed by atoms with Crippen LogP contribution in [-0.2, 0) is 4.79 Å². The standard InChI is InChI=1S/C20H17NO2/c1-21-18-11-8-13-4-2-3-5-16(13)20(18)17(12-19(21)23)14-6-9-15(22)10-7-14/h2-11,17,22H,12H2,1H3. The Morgan fingerprint density at radius 2 is 1.74 bits per heavy atom. The highest BCUT2D eigenvalue weighted by atomic mass is 16.3. The molecule has 1 heterocycles. The number of phenols is 1.